The molecule has 5 nitrogen and oxygen atoms in total. The highest BCUT2D eigenvalue weighted by atomic mass is 32.1. The normalized spacial score (nSPS) is 17.1. The van der Waals surface area contributed by atoms with Gasteiger partial charge in [0.25, 0.3) is 5.91 Å². The number of amides is 1. The van der Waals surface area contributed by atoms with Crippen LogP contribution in [-0.2, 0) is 11.3 Å². The zero-order chi connectivity index (χ0) is 20.5. The van der Waals surface area contributed by atoms with E-state index < -0.39 is 0 Å². The van der Waals surface area contributed by atoms with E-state index in [9.17, 15) is 4.79 Å². The predicted molar refractivity (Wildman–Crippen MR) is 119 cm³/mol. The fraction of sp³-hybridized carbons (Fsp3) is 0.333. The molecule has 6 heteroatoms. The highest BCUT2D eigenvalue weighted by Crippen LogP contribution is 2.34. The maximum absolute atomic E-state index is 13.5. The first kappa shape index (κ1) is 19.3. The van der Waals surface area contributed by atoms with Gasteiger partial charge in [-0.3, -0.25) is 4.79 Å². The number of benzene rings is 2. The van der Waals surface area contributed by atoms with Crippen LogP contribution in [0.2, 0.25) is 0 Å². The van der Waals surface area contributed by atoms with E-state index in [0.717, 1.165) is 46.4 Å². The van der Waals surface area contributed by atoms with E-state index in [4.69, 9.17) is 14.1 Å². The molecule has 0 N–H and O–H groups in total. The maximum atomic E-state index is 13.5. The van der Waals surface area contributed by atoms with Crippen LogP contribution in [0.15, 0.2) is 52.9 Å². The van der Waals surface area contributed by atoms with Gasteiger partial charge in [-0.05, 0) is 38.0 Å². The Morgan fingerprint density at radius 2 is 2.07 bits per heavy atom. The lowest BCUT2D eigenvalue weighted by Crippen LogP contribution is -2.39. The highest BCUT2D eigenvalue weighted by Gasteiger charge is 2.31. The number of piperidine rings is 1. The molecule has 1 atom stereocenters. The van der Waals surface area contributed by atoms with Gasteiger partial charge >= 0.3 is 0 Å². The summed E-state index contributed by atoms with van der Waals surface area (Å²) in [7, 11) is 0. The van der Waals surface area contributed by atoms with Crippen molar-refractivity contribution in [2.24, 2.45) is 0 Å². The molecule has 0 aliphatic carbocycles. The molecule has 0 saturated carbocycles. The van der Waals surface area contributed by atoms with Gasteiger partial charge in [-0.2, -0.15) is 0 Å². The third-order valence-corrected chi connectivity index (χ3v) is 6.91. The number of carbonyl (C=O) groups is 1. The van der Waals surface area contributed by atoms with E-state index >= 15 is 0 Å². The molecule has 2 aromatic heterocycles. The number of ether oxygens (including phenoxy) is 1. The fourth-order valence-corrected chi connectivity index (χ4v) is 5.28. The van der Waals surface area contributed by atoms with Gasteiger partial charge in [0.1, 0.15) is 5.58 Å². The van der Waals surface area contributed by atoms with Crippen LogP contribution in [0.3, 0.4) is 0 Å². The van der Waals surface area contributed by atoms with Crippen LogP contribution < -0.4 is 0 Å². The van der Waals surface area contributed by atoms with Gasteiger partial charge in [-0.15, -0.1) is 11.3 Å². The van der Waals surface area contributed by atoms with Crippen molar-refractivity contribution in [3.05, 3.63) is 64.9 Å². The zero-order valence-corrected chi connectivity index (χ0v) is 17.8. The van der Waals surface area contributed by atoms with Crippen molar-refractivity contribution in [1.82, 2.24) is 9.88 Å². The molecule has 0 bridgehead atoms. The van der Waals surface area contributed by atoms with Crippen LogP contribution >= 0.6 is 11.3 Å². The van der Waals surface area contributed by atoms with Gasteiger partial charge in [0.2, 0.25) is 0 Å². The third-order valence-electron chi connectivity index (χ3n) is 5.71. The number of carbonyl (C=O) groups excluding carboxylic acids is 1. The number of fused-ring (bicyclic) bond motifs is 2. The van der Waals surface area contributed by atoms with Crippen LogP contribution in [0.25, 0.3) is 21.2 Å². The van der Waals surface area contributed by atoms with Gasteiger partial charge in [-0.1, -0.05) is 30.3 Å². The first-order valence-electron chi connectivity index (χ1n) is 10.5. The minimum absolute atomic E-state index is 0.0493. The number of para-hydroxylation sites is 2. The quantitative estimate of drug-likeness (QED) is 0.422. The monoisotopic (exact) mass is 420 g/mol. The van der Waals surface area contributed by atoms with Crippen LogP contribution in [-0.4, -0.2) is 35.5 Å². The number of hydrogen-bond acceptors (Lipinski definition) is 5. The van der Waals surface area contributed by atoms with Crippen LogP contribution in [0.1, 0.15) is 46.8 Å². The standard InChI is InChI=1S/C24H24N2O3S/c1-2-28-15-18-17-9-3-5-11-20(17)29-22(18)24(27)26-13-7-8-16(14-26)23-25-19-10-4-6-12-21(19)30-23/h3-6,9-12,16H,2,7-8,13-15H2,1H3. The molecule has 0 spiro atoms. The van der Waals surface area contributed by atoms with Gasteiger partial charge in [-0.25, -0.2) is 4.98 Å². The van der Waals surface area contributed by atoms with Crippen molar-refractivity contribution < 1.29 is 13.9 Å². The highest BCUT2D eigenvalue weighted by molar-refractivity contribution is 7.18. The molecule has 3 heterocycles. The average molecular weight is 421 g/mol. The molecule has 1 unspecified atom stereocenters. The second-order valence-corrected chi connectivity index (χ2v) is 8.72. The van der Waals surface area contributed by atoms with Crippen molar-refractivity contribution in [3.8, 4) is 0 Å². The second-order valence-electron chi connectivity index (χ2n) is 7.65. The molecule has 154 valence electrons. The van der Waals surface area contributed by atoms with Crippen molar-refractivity contribution in [1.29, 1.82) is 0 Å². The summed E-state index contributed by atoms with van der Waals surface area (Å²) in [5, 5.41) is 2.07. The molecular formula is C24H24N2O3S. The Labute approximate surface area is 179 Å². The Hall–Kier alpha value is -2.70. The Morgan fingerprint density at radius 3 is 2.93 bits per heavy atom. The van der Waals surface area contributed by atoms with Crippen LogP contribution in [0.5, 0.6) is 0 Å². The molecule has 5 rings (SSSR count). The molecular weight excluding hydrogens is 396 g/mol. The fourth-order valence-electron chi connectivity index (χ4n) is 4.19. The lowest BCUT2D eigenvalue weighted by molar-refractivity contribution is 0.0667. The summed E-state index contributed by atoms with van der Waals surface area (Å²) in [6.07, 6.45) is 2.02. The number of thiazole rings is 1. The first-order valence-corrected chi connectivity index (χ1v) is 11.3. The van der Waals surface area contributed by atoms with Gasteiger partial charge < -0.3 is 14.1 Å². The zero-order valence-electron chi connectivity index (χ0n) is 17.0. The summed E-state index contributed by atoms with van der Waals surface area (Å²) in [5.41, 5.74) is 2.62. The molecule has 1 saturated heterocycles. The molecule has 1 aliphatic rings. The third kappa shape index (κ3) is 3.50. The number of hydrogen-bond donors (Lipinski definition) is 0. The second kappa shape index (κ2) is 8.20. The minimum Gasteiger partial charge on any atom is -0.451 e. The number of aromatic nitrogens is 1. The summed E-state index contributed by atoms with van der Waals surface area (Å²) in [6.45, 7) is 4.34. The number of furan rings is 1. The molecule has 2 aromatic carbocycles. The smallest absolute Gasteiger partial charge is 0.290 e. The molecule has 1 amide bonds. The predicted octanol–water partition coefficient (Wildman–Crippen LogP) is 5.60. The Bertz CT molecular complexity index is 1160. The summed E-state index contributed by atoms with van der Waals surface area (Å²) in [5.74, 6) is 0.626. The molecule has 30 heavy (non-hydrogen) atoms. The van der Waals surface area contributed by atoms with Gasteiger partial charge in [0.05, 0.1) is 21.8 Å². The Kier molecular flexibility index (Phi) is 5.27. The van der Waals surface area contributed by atoms with E-state index in [1.54, 1.807) is 11.3 Å². The van der Waals surface area contributed by atoms with Crippen molar-refractivity contribution in [3.63, 3.8) is 0 Å². The van der Waals surface area contributed by atoms with Crippen LogP contribution in [0.4, 0.5) is 0 Å². The largest absolute Gasteiger partial charge is 0.451 e. The van der Waals surface area contributed by atoms with Gasteiger partial charge in [0.15, 0.2) is 5.76 Å². The van der Waals surface area contributed by atoms with E-state index in [0.29, 0.717) is 25.5 Å². The summed E-state index contributed by atoms with van der Waals surface area (Å²) < 4.78 is 12.9. The van der Waals surface area contributed by atoms with Crippen molar-refractivity contribution in [2.45, 2.75) is 32.3 Å². The van der Waals surface area contributed by atoms with E-state index in [1.165, 1.54) is 4.70 Å². The van der Waals surface area contributed by atoms with E-state index in [-0.39, 0.29) is 11.8 Å². The SMILES string of the molecule is CCOCc1c(C(=O)N2CCCC(c3nc4ccccc4s3)C2)oc2ccccc12. The lowest BCUT2D eigenvalue weighted by Gasteiger charge is -2.31. The summed E-state index contributed by atoms with van der Waals surface area (Å²) in [4.78, 5) is 20.2. The minimum atomic E-state index is -0.0493. The maximum Gasteiger partial charge on any atom is 0.290 e. The van der Waals surface area contributed by atoms with E-state index in [2.05, 4.69) is 12.1 Å². The summed E-state index contributed by atoms with van der Waals surface area (Å²) in [6, 6.07) is 16.0. The Balaban J connectivity index is 1.43. The molecule has 1 fully saturated rings. The molecule has 0 radical (unpaired) electrons. The Morgan fingerprint density at radius 1 is 1.23 bits per heavy atom. The first-order chi connectivity index (χ1) is 14.7. The van der Waals surface area contributed by atoms with Gasteiger partial charge in [0, 0.05) is 36.6 Å². The summed E-state index contributed by atoms with van der Waals surface area (Å²) >= 11 is 1.74. The van der Waals surface area contributed by atoms with Crippen molar-refractivity contribution in [2.75, 3.05) is 19.7 Å². The van der Waals surface area contributed by atoms with E-state index in [1.807, 2.05) is 48.2 Å². The molecule has 1 aliphatic heterocycles. The average Bonchev–Trinajstić information content (AvgIpc) is 3.39. The molecule has 4 aromatic rings. The number of rotatable bonds is 5. The topological polar surface area (TPSA) is 55.6 Å². The van der Waals surface area contributed by atoms with Crippen molar-refractivity contribution >= 4 is 38.4 Å². The lowest BCUT2D eigenvalue weighted by atomic mass is 9.98. The number of likely N-dealkylation sites (tertiary alicyclic amines) is 1. The van der Waals surface area contributed by atoms with Crippen LogP contribution in [0, 0.1) is 0 Å². The number of nitrogens with zero attached hydrogens (tertiary/aromatic N) is 2.